The largest absolute Gasteiger partial charge is 0.323 e. The highest BCUT2D eigenvalue weighted by Crippen LogP contribution is 2.11. The highest BCUT2D eigenvalue weighted by atomic mass is 32.2. The Morgan fingerprint density at radius 2 is 1.70 bits per heavy atom. The van der Waals surface area contributed by atoms with E-state index in [9.17, 15) is 22.8 Å². The number of aryl methyl sites for hydroxylation is 1. The molecule has 8 nitrogen and oxygen atoms in total. The summed E-state index contributed by atoms with van der Waals surface area (Å²) in [5.41, 5.74) is 0.908. The number of carbonyl (C=O) groups is 3. The van der Waals surface area contributed by atoms with Crippen molar-refractivity contribution in [3.8, 4) is 0 Å². The number of imide groups is 1. The zero-order chi connectivity index (χ0) is 17.2. The normalized spacial score (nSPS) is 16.9. The van der Waals surface area contributed by atoms with Crippen molar-refractivity contribution in [1.82, 2.24) is 14.9 Å². The molecule has 2 rings (SSSR count). The molecule has 1 aromatic rings. The first kappa shape index (κ1) is 17.1. The molecule has 124 valence electrons. The number of nitrogens with one attached hydrogen (secondary N) is 2. The minimum atomic E-state index is -3.87. The summed E-state index contributed by atoms with van der Waals surface area (Å²) in [4.78, 5) is 35.8. The fourth-order valence-electron chi connectivity index (χ4n) is 2.14. The van der Waals surface area contributed by atoms with Crippen LogP contribution >= 0.6 is 0 Å². The highest BCUT2D eigenvalue weighted by molar-refractivity contribution is 7.89. The molecule has 1 fully saturated rings. The van der Waals surface area contributed by atoms with Crippen LogP contribution in [-0.4, -0.2) is 50.2 Å². The number of hydrogen-bond donors (Lipinski definition) is 2. The van der Waals surface area contributed by atoms with Gasteiger partial charge < -0.3 is 4.90 Å². The Morgan fingerprint density at radius 3 is 2.22 bits per heavy atom. The van der Waals surface area contributed by atoms with Gasteiger partial charge in [-0.05, 0) is 26.0 Å². The van der Waals surface area contributed by atoms with Crippen LogP contribution in [0.3, 0.4) is 0 Å². The number of piperazine rings is 1. The Morgan fingerprint density at radius 1 is 1.17 bits per heavy atom. The molecule has 0 spiro atoms. The number of amides is 3. The van der Waals surface area contributed by atoms with Gasteiger partial charge in [0.25, 0.3) is 0 Å². The summed E-state index contributed by atoms with van der Waals surface area (Å²) in [5, 5.41) is 2.07. The first-order valence-corrected chi connectivity index (χ1v) is 8.38. The van der Waals surface area contributed by atoms with E-state index >= 15 is 0 Å². The van der Waals surface area contributed by atoms with Crippen LogP contribution in [0.25, 0.3) is 0 Å². The Labute approximate surface area is 133 Å². The van der Waals surface area contributed by atoms with E-state index in [0.717, 1.165) is 10.5 Å². The van der Waals surface area contributed by atoms with Crippen LogP contribution in [0.5, 0.6) is 0 Å². The van der Waals surface area contributed by atoms with Gasteiger partial charge in [-0.15, -0.1) is 0 Å². The molecule has 0 bridgehead atoms. The standard InChI is InChI=1S/C14H17N3O5S/c1-9-3-5-11(6-4-9)23(21,22)16-10(2)14(20)17-7-12(18)15-13(19)8-17/h3-6,10,16H,7-8H2,1-2H3,(H,15,18,19)/t10-/m1/s1. The second-order valence-corrected chi connectivity index (χ2v) is 7.04. The molecule has 0 radical (unpaired) electrons. The minimum absolute atomic E-state index is 0.0372. The van der Waals surface area contributed by atoms with Crippen LogP contribution in [0.1, 0.15) is 12.5 Å². The van der Waals surface area contributed by atoms with E-state index in [1.807, 2.05) is 6.92 Å². The third-order valence-corrected chi connectivity index (χ3v) is 4.85. The van der Waals surface area contributed by atoms with Crippen molar-refractivity contribution in [2.45, 2.75) is 24.8 Å². The Kier molecular flexibility index (Phi) is 4.81. The molecule has 1 heterocycles. The van der Waals surface area contributed by atoms with E-state index in [-0.39, 0.29) is 18.0 Å². The molecule has 3 amide bonds. The molecule has 0 aromatic heterocycles. The second kappa shape index (κ2) is 6.47. The van der Waals surface area contributed by atoms with Crippen LogP contribution in [0, 0.1) is 6.92 Å². The maximum atomic E-state index is 12.2. The minimum Gasteiger partial charge on any atom is -0.323 e. The first-order chi connectivity index (χ1) is 10.7. The van der Waals surface area contributed by atoms with E-state index in [2.05, 4.69) is 10.0 Å². The number of benzene rings is 1. The van der Waals surface area contributed by atoms with Gasteiger partial charge in [-0.3, -0.25) is 19.7 Å². The van der Waals surface area contributed by atoms with Gasteiger partial charge >= 0.3 is 0 Å². The monoisotopic (exact) mass is 339 g/mol. The van der Waals surface area contributed by atoms with Crippen molar-refractivity contribution in [3.05, 3.63) is 29.8 Å². The molecule has 0 aliphatic carbocycles. The zero-order valence-electron chi connectivity index (χ0n) is 12.7. The molecule has 0 unspecified atom stereocenters. The molecular weight excluding hydrogens is 322 g/mol. The van der Waals surface area contributed by atoms with Crippen molar-refractivity contribution in [3.63, 3.8) is 0 Å². The van der Waals surface area contributed by atoms with Gasteiger partial charge in [0.1, 0.15) is 13.1 Å². The lowest BCUT2D eigenvalue weighted by Gasteiger charge is -2.28. The SMILES string of the molecule is Cc1ccc(S(=O)(=O)N[C@H](C)C(=O)N2CC(=O)NC(=O)C2)cc1. The summed E-state index contributed by atoms with van der Waals surface area (Å²) in [5.74, 6) is -1.82. The van der Waals surface area contributed by atoms with Gasteiger partial charge in [-0.1, -0.05) is 17.7 Å². The second-order valence-electron chi connectivity index (χ2n) is 5.32. The molecule has 1 aromatic carbocycles. The average molecular weight is 339 g/mol. The molecular formula is C14H17N3O5S. The quantitative estimate of drug-likeness (QED) is 0.694. The fraction of sp³-hybridized carbons (Fsp3) is 0.357. The number of nitrogens with zero attached hydrogens (tertiary/aromatic N) is 1. The molecule has 1 saturated heterocycles. The van der Waals surface area contributed by atoms with Crippen LogP contribution in [0.15, 0.2) is 29.2 Å². The Hall–Kier alpha value is -2.26. The van der Waals surface area contributed by atoms with Crippen LogP contribution in [-0.2, 0) is 24.4 Å². The predicted octanol–water partition coefficient (Wildman–Crippen LogP) is -0.853. The van der Waals surface area contributed by atoms with Crippen molar-refractivity contribution >= 4 is 27.7 Å². The summed E-state index contributed by atoms with van der Waals surface area (Å²) in [7, 11) is -3.87. The summed E-state index contributed by atoms with van der Waals surface area (Å²) in [6, 6.07) is 5.07. The topological polar surface area (TPSA) is 113 Å². The lowest BCUT2D eigenvalue weighted by atomic mass is 10.2. The van der Waals surface area contributed by atoms with Crippen molar-refractivity contribution < 1.29 is 22.8 Å². The van der Waals surface area contributed by atoms with Gasteiger partial charge in [0.05, 0.1) is 10.9 Å². The summed E-state index contributed by atoms with van der Waals surface area (Å²) < 4.78 is 26.7. The Bertz CT molecular complexity index is 726. The van der Waals surface area contributed by atoms with E-state index in [4.69, 9.17) is 0 Å². The van der Waals surface area contributed by atoms with Gasteiger partial charge in [-0.2, -0.15) is 4.72 Å². The molecule has 1 aliphatic rings. The molecule has 9 heteroatoms. The summed E-state index contributed by atoms with van der Waals surface area (Å²) in [6.45, 7) is 2.64. The van der Waals surface area contributed by atoms with Crippen molar-refractivity contribution in [2.75, 3.05) is 13.1 Å². The van der Waals surface area contributed by atoms with Crippen molar-refractivity contribution in [1.29, 1.82) is 0 Å². The highest BCUT2D eigenvalue weighted by Gasteiger charge is 2.31. The van der Waals surface area contributed by atoms with Gasteiger partial charge in [-0.25, -0.2) is 8.42 Å². The molecule has 23 heavy (non-hydrogen) atoms. The van der Waals surface area contributed by atoms with E-state index in [0.29, 0.717) is 0 Å². The van der Waals surface area contributed by atoms with E-state index < -0.39 is 33.8 Å². The number of carbonyl (C=O) groups excluding carboxylic acids is 3. The predicted molar refractivity (Wildman–Crippen MR) is 80.7 cm³/mol. The molecule has 2 N–H and O–H groups in total. The third-order valence-electron chi connectivity index (χ3n) is 3.29. The number of hydrogen-bond acceptors (Lipinski definition) is 5. The lowest BCUT2D eigenvalue weighted by Crippen LogP contribution is -2.57. The molecule has 1 atom stereocenters. The van der Waals surface area contributed by atoms with Crippen molar-refractivity contribution in [2.24, 2.45) is 0 Å². The van der Waals surface area contributed by atoms with E-state index in [1.165, 1.54) is 19.1 Å². The lowest BCUT2D eigenvalue weighted by molar-refractivity contribution is -0.146. The fourth-order valence-corrected chi connectivity index (χ4v) is 3.33. The first-order valence-electron chi connectivity index (χ1n) is 6.89. The summed E-state index contributed by atoms with van der Waals surface area (Å²) in [6.07, 6.45) is 0. The Balaban J connectivity index is 2.09. The maximum absolute atomic E-state index is 12.2. The van der Waals surface area contributed by atoms with Crippen LogP contribution < -0.4 is 10.0 Å². The molecule has 0 saturated carbocycles. The average Bonchev–Trinajstić information content (AvgIpc) is 2.45. The maximum Gasteiger partial charge on any atom is 0.246 e. The van der Waals surface area contributed by atoms with Crippen LogP contribution in [0.4, 0.5) is 0 Å². The number of rotatable bonds is 4. The smallest absolute Gasteiger partial charge is 0.246 e. The molecule has 1 aliphatic heterocycles. The van der Waals surface area contributed by atoms with Gasteiger partial charge in [0, 0.05) is 0 Å². The van der Waals surface area contributed by atoms with Gasteiger partial charge in [0.15, 0.2) is 0 Å². The third kappa shape index (κ3) is 4.14. The summed E-state index contributed by atoms with van der Waals surface area (Å²) >= 11 is 0. The van der Waals surface area contributed by atoms with E-state index in [1.54, 1.807) is 12.1 Å². The van der Waals surface area contributed by atoms with Gasteiger partial charge in [0.2, 0.25) is 27.7 Å². The number of sulfonamides is 1. The zero-order valence-corrected chi connectivity index (χ0v) is 13.5. The van der Waals surface area contributed by atoms with Crippen LogP contribution in [0.2, 0.25) is 0 Å².